The fraction of sp³-hybridized carbons (Fsp3) is 0. The summed E-state index contributed by atoms with van der Waals surface area (Å²) in [5.74, 6) is 0.468. The minimum atomic E-state index is 0. The third-order valence-corrected chi connectivity index (χ3v) is 0.519. The standard InChI is InChI=1S/C3H5N3.BH3/c4-3-5-1-2-6-3;/h1-2H,(H3,4,5,6);1H3. The molecular formula is C3H8BN3. The lowest BCUT2D eigenvalue weighted by Crippen LogP contribution is -1.83. The summed E-state index contributed by atoms with van der Waals surface area (Å²) in [5, 5.41) is 0. The van der Waals surface area contributed by atoms with E-state index in [2.05, 4.69) is 9.97 Å². The molecule has 0 radical (unpaired) electrons. The normalized spacial score (nSPS) is 7.43. The zero-order valence-electron chi connectivity index (χ0n) is 3.18. The van der Waals surface area contributed by atoms with Crippen LogP contribution in [0, 0.1) is 0 Å². The molecule has 3 nitrogen and oxygen atoms in total. The molecule has 1 heterocycles. The Hall–Kier alpha value is -0.925. The van der Waals surface area contributed by atoms with Crippen LogP contribution in [0.5, 0.6) is 0 Å². The Morgan fingerprint density at radius 2 is 2.43 bits per heavy atom. The second-order valence-corrected chi connectivity index (χ2v) is 0.974. The maximum absolute atomic E-state index is 5.11. The van der Waals surface area contributed by atoms with Crippen LogP contribution < -0.4 is 5.73 Å². The van der Waals surface area contributed by atoms with E-state index in [-0.39, 0.29) is 8.41 Å². The highest BCUT2D eigenvalue weighted by atomic mass is 15.0. The molecule has 4 heteroatoms. The Morgan fingerprint density at radius 3 is 2.57 bits per heavy atom. The monoisotopic (exact) mass is 97.1 g/mol. The number of nitrogens with zero attached hydrogens (tertiary/aromatic N) is 1. The molecule has 38 valence electrons. The van der Waals surface area contributed by atoms with Crippen molar-refractivity contribution < 1.29 is 0 Å². The Kier molecular flexibility index (Phi) is 1.98. The number of hydrogen-bond donors (Lipinski definition) is 2. The Balaban J connectivity index is 0.000000360. The predicted molar refractivity (Wildman–Crippen MR) is 32.9 cm³/mol. The summed E-state index contributed by atoms with van der Waals surface area (Å²) in [6, 6.07) is 0. The number of aromatic nitrogens is 2. The number of anilines is 1. The Morgan fingerprint density at radius 1 is 1.71 bits per heavy atom. The summed E-state index contributed by atoms with van der Waals surface area (Å²) in [4.78, 5) is 6.31. The topological polar surface area (TPSA) is 54.7 Å². The third-order valence-electron chi connectivity index (χ3n) is 0.519. The molecule has 0 atom stereocenters. The van der Waals surface area contributed by atoms with E-state index in [1.807, 2.05) is 0 Å². The molecule has 0 spiro atoms. The van der Waals surface area contributed by atoms with Gasteiger partial charge in [-0.05, 0) is 0 Å². The number of nitrogen functional groups attached to an aromatic ring is 1. The number of rotatable bonds is 0. The molecule has 0 fully saturated rings. The molecule has 1 aromatic heterocycles. The molecule has 1 rings (SSSR count). The average molecular weight is 96.9 g/mol. The van der Waals surface area contributed by atoms with Crippen LogP contribution >= 0.6 is 0 Å². The molecule has 7 heavy (non-hydrogen) atoms. The quantitative estimate of drug-likeness (QED) is 0.400. The van der Waals surface area contributed by atoms with Gasteiger partial charge in [-0.1, -0.05) is 0 Å². The van der Waals surface area contributed by atoms with E-state index in [9.17, 15) is 0 Å². The number of imidazole rings is 1. The molecule has 0 aromatic carbocycles. The molecule has 0 amide bonds. The van der Waals surface area contributed by atoms with Crippen molar-refractivity contribution in [3.05, 3.63) is 12.4 Å². The molecule has 0 saturated carbocycles. The van der Waals surface area contributed by atoms with Crippen LogP contribution in [0.1, 0.15) is 0 Å². The Bertz CT molecular complexity index is 114. The van der Waals surface area contributed by atoms with Gasteiger partial charge in [0.2, 0.25) is 0 Å². The lowest BCUT2D eigenvalue weighted by atomic mass is 10.8. The molecule has 0 aliphatic carbocycles. The van der Waals surface area contributed by atoms with Crippen molar-refractivity contribution in [2.24, 2.45) is 0 Å². The molecule has 0 aliphatic rings. The van der Waals surface area contributed by atoms with Gasteiger partial charge in [0.15, 0.2) is 5.95 Å². The molecule has 0 aliphatic heterocycles. The number of H-pyrrole nitrogens is 1. The smallest absolute Gasteiger partial charge is 0.197 e. The maximum atomic E-state index is 5.11. The fourth-order valence-corrected chi connectivity index (χ4v) is 0.277. The van der Waals surface area contributed by atoms with E-state index in [0.29, 0.717) is 5.95 Å². The van der Waals surface area contributed by atoms with E-state index in [4.69, 9.17) is 5.73 Å². The largest absolute Gasteiger partial charge is 0.369 e. The first-order chi connectivity index (χ1) is 2.89. The van der Waals surface area contributed by atoms with Crippen molar-refractivity contribution in [2.75, 3.05) is 5.73 Å². The van der Waals surface area contributed by atoms with Gasteiger partial charge in [-0.3, -0.25) is 0 Å². The van der Waals surface area contributed by atoms with Crippen LogP contribution in [0.15, 0.2) is 12.4 Å². The second kappa shape index (κ2) is 2.28. The van der Waals surface area contributed by atoms with E-state index in [1.165, 1.54) is 0 Å². The Labute approximate surface area is 43.5 Å². The van der Waals surface area contributed by atoms with Gasteiger partial charge in [0.25, 0.3) is 0 Å². The maximum Gasteiger partial charge on any atom is 0.197 e. The van der Waals surface area contributed by atoms with Crippen molar-refractivity contribution in [1.29, 1.82) is 0 Å². The molecule has 0 saturated heterocycles. The van der Waals surface area contributed by atoms with Gasteiger partial charge in [-0.2, -0.15) is 0 Å². The average Bonchev–Trinajstić information content (AvgIpc) is 1.86. The minimum Gasteiger partial charge on any atom is -0.369 e. The summed E-state index contributed by atoms with van der Waals surface area (Å²) in [5.41, 5.74) is 5.11. The lowest BCUT2D eigenvalue weighted by molar-refractivity contribution is 1.33. The number of nitrogens with two attached hydrogens (primary N) is 1. The first-order valence-electron chi connectivity index (χ1n) is 1.64. The van der Waals surface area contributed by atoms with Gasteiger partial charge in [0.1, 0.15) is 0 Å². The van der Waals surface area contributed by atoms with Gasteiger partial charge < -0.3 is 10.7 Å². The van der Waals surface area contributed by atoms with Crippen molar-refractivity contribution in [1.82, 2.24) is 9.97 Å². The highest BCUT2D eigenvalue weighted by Gasteiger charge is 1.74. The predicted octanol–water partition coefficient (Wildman–Crippen LogP) is -1.19. The van der Waals surface area contributed by atoms with E-state index in [0.717, 1.165) is 0 Å². The number of nitrogens with one attached hydrogen (secondary N) is 1. The zero-order chi connectivity index (χ0) is 4.41. The fourth-order valence-electron chi connectivity index (χ4n) is 0.277. The van der Waals surface area contributed by atoms with Gasteiger partial charge in [0, 0.05) is 12.4 Å². The zero-order valence-corrected chi connectivity index (χ0v) is 3.18. The van der Waals surface area contributed by atoms with Crippen molar-refractivity contribution in [3.63, 3.8) is 0 Å². The highest BCUT2D eigenvalue weighted by Crippen LogP contribution is 1.81. The lowest BCUT2D eigenvalue weighted by Gasteiger charge is -1.70. The first-order valence-corrected chi connectivity index (χ1v) is 1.64. The van der Waals surface area contributed by atoms with Crippen molar-refractivity contribution in [2.45, 2.75) is 0 Å². The first kappa shape index (κ1) is 6.07. The van der Waals surface area contributed by atoms with Crippen molar-refractivity contribution >= 4 is 14.4 Å². The summed E-state index contributed by atoms with van der Waals surface area (Å²) >= 11 is 0. The summed E-state index contributed by atoms with van der Waals surface area (Å²) in [7, 11) is 0. The van der Waals surface area contributed by atoms with Gasteiger partial charge in [-0.25, -0.2) is 4.98 Å². The van der Waals surface area contributed by atoms with Gasteiger partial charge in [-0.15, -0.1) is 0 Å². The highest BCUT2D eigenvalue weighted by molar-refractivity contribution is 5.75. The second-order valence-electron chi connectivity index (χ2n) is 0.974. The molecule has 0 bridgehead atoms. The van der Waals surface area contributed by atoms with Crippen LogP contribution in [0.3, 0.4) is 0 Å². The van der Waals surface area contributed by atoms with Crippen LogP contribution in [0.2, 0.25) is 0 Å². The number of hydrogen-bond acceptors (Lipinski definition) is 2. The minimum absolute atomic E-state index is 0. The van der Waals surface area contributed by atoms with E-state index >= 15 is 0 Å². The van der Waals surface area contributed by atoms with Crippen LogP contribution in [0.4, 0.5) is 5.95 Å². The summed E-state index contributed by atoms with van der Waals surface area (Å²) < 4.78 is 0. The summed E-state index contributed by atoms with van der Waals surface area (Å²) in [6.45, 7) is 0. The summed E-state index contributed by atoms with van der Waals surface area (Å²) in [6.07, 6.45) is 3.28. The molecular weight excluding hydrogens is 88.9 g/mol. The van der Waals surface area contributed by atoms with E-state index in [1.54, 1.807) is 12.4 Å². The van der Waals surface area contributed by atoms with Gasteiger partial charge >= 0.3 is 0 Å². The SMILES string of the molecule is B.Nc1ncc[nH]1. The van der Waals surface area contributed by atoms with Gasteiger partial charge in [0.05, 0.1) is 8.41 Å². The third kappa shape index (κ3) is 1.30. The van der Waals surface area contributed by atoms with E-state index < -0.39 is 0 Å². The molecule has 3 N–H and O–H groups in total. The molecule has 0 unspecified atom stereocenters. The van der Waals surface area contributed by atoms with Crippen molar-refractivity contribution in [3.8, 4) is 0 Å². The van der Waals surface area contributed by atoms with Crippen LogP contribution in [0.25, 0.3) is 0 Å². The number of aromatic amines is 1. The van der Waals surface area contributed by atoms with Crippen LogP contribution in [-0.2, 0) is 0 Å². The van der Waals surface area contributed by atoms with Crippen LogP contribution in [-0.4, -0.2) is 18.4 Å². The molecule has 1 aromatic rings.